The quantitative estimate of drug-likeness (QED) is 0.876. The van der Waals surface area contributed by atoms with Gasteiger partial charge in [-0.2, -0.15) is 0 Å². The predicted molar refractivity (Wildman–Crippen MR) is 98.2 cm³/mol. The molecule has 2 atom stereocenters. The Balaban J connectivity index is 1.88. The van der Waals surface area contributed by atoms with Crippen LogP contribution >= 0.6 is 23.2 Å². The van der Waals surface area contributed by atoms with Crippen LogP contribution in [0.1, 0.15) is 33.1 Å². The second-order valence-corrected chi connectivity index (χ2v) is 7.06. The van der Waals surface area contributed by atoms with E-state index in [2.05, 4.69) is 0 Å². The molecular formula is C19H19Cl2NO3. The van der Waals surface area contributed by atoms with E-state index in [1.54, 1.807) is 43.3 Å². The second-order valence-electron chi connectivity index (χ2n) is 6.22. The summed E-state index contributed by atoms with van der Waals surface area (Å²) in [5.74, 6) is -0.169. The first-order valence-electron chi connectivity index (χ1n) is 7.93. The molecule has 1 aliphatic carbocycles. The van der Waals surface area contributed by atoms with Crippen LogP contribution < -0.4 is 0 Å². The summed E-state index contributed by atoms with van der Waals surface area (Å²) in [6.07, 6.45) is -0.312. The summed E-state index contributed by atoms with van der Waals surface area (Å²) in [5.41, 5.74) is 3.19. The Kier molecular flexibility index (Phi) is 5.35. The SMILES string of the molecule is COCc1ccc(C(=O)N(C)C2c3cc(Cl)cc(Cl)c3CC2O)cc1. The van der Waals surface area contributed by atoms with E-state index in [-0.39, 0.29) is 5.91 Å². The summed E-state index contributed by atoms with van der Waals surface area (Å²) in [4.78, 5) is 14.4. The first kappa shape index (κ1) is 18.2. The average molecular weight is 380 g/mol. The van der Waals surface area contributed by atoms with Gasteiger partial charge in [-0.1, -0.05) is 35.3 Å². The van der Waals surface area contributed by atoms with Gasteiger partial charge in [0.2, 0.25) is 0 Å². The number of benzene rings is 2. The van der Waals surface area contributed by atoms with E-state index in [9.17, 15) is 9.90 Å². The molecule has 0 radical (unpaired) electrons. The fourth-order valence-electron chi connectivity index (χ4n) is 3.34. The minimum atomic E-state index is -0.715. The van der Waals surface area contributed by atoms with Crippen LogP contribution in [0.2, 0.25) is 10.0 Å². The van der Waals surface area contributed by atoms with Crippen molar-refractivity contribution in [2.45, 2.75) is 25.2 Å². The summed E-state index contributed by atoms with van der Waals surface area (Å²) in [7, 11) is 3.31. The smallest absolute Gasteiger partial charge is 0.254 e. The van der Waals surface area contributed by atoms with Crippen molar-refractivity contribution in [1.29, 1.82) is 0 Å². The Morgan fingerprint density at radius 3 is 2.60 bits per heavy atom. The van der Waals surface area contributed by atoms with E-state index in [0.29, 0.717) is 28.6 Å². The molecule has 1 amide bonds. The third-order valence-corrected chi connectivity index (χ3v) is 5.10. The van der Waals surface area contributed by atoms with Gasteiger partial charge >= 0.3 is 0 Å². The number of carbonyl (C=O) groups is 1. The first-order chi connectivity index (χ1) is 11.9. The summed E-state index contributed by atoms with van der Waals surface area (Å²) >= 11 is 12.4. The van der Waals surface area contributed by atoms with Gasteiger partial charge < -0.3 is 14.7 Å². The lowest BCUT2D eigenvalue weighted by Gasteiger charge is -2.28. The summed E-state index contributed by atoms with van der Waals surface area (Å²) in [6.45, 7) is 0.496. The molecule has 2 aromatic carbocycles. The van der Waals surface area contributed by atoms with Gasteiger partial charge in [-0.15, -0.1) is 0 Å². The fraction of sp³-hybridized carbons (Fsp3) is 0.316. The number of hydrogen-bond donors (Lipinski definition) is 1. The van der Waals surface area contributed by atoms with Crippen molar-refractivity contribution >= 4 is 29.1 Å². The van der Waals surface area contributed by atoms with Crippen molar-refractivity contribution in [3.8, 4) is 0 Å². The largest absolute Gasteiger partial charge is 0.390 e. The Labute approximate surface area is 156 Å². The molecule has 0 aromatic heterocycles. The van der Waals surface area contributed by atoms with Crippen LogP contribution in [0.5, 0.6) is 0 Å². The normalized spacial score (nSPS) is 18.9. The number of nitrogens with zero attached hydrogens (tertiary/aromatic N) is 1. The van der Waals surface area contributed by atoms with Gasteiger partial charge in [0, 0.05) is 36.2 Å². The number of methoxy groups -OCH3 is 1. The molecular weight excluding hydrogens is 361 g/mol. The van der Waals surface area contributed by atoms with Crippen LogP contribution in [0.4, 0.5) is 0 Å². The second kappa shape index (κ2) is 7.34. The van der Waals surface area contributed by atoms with Crippen LogP contribution in [0.15, 0.2) is 36.4 Å². The number of rotatable bonds is 4. The van der Waals surface area contributed by atoms with E-state index < -0.39 is 12.1 Å². The topological polar surface area (TPSA) is 49.8 Å². The van der Waals surface area contributed by atoms with Crippen LogP contribution in [0.3, 0.4) is 0 Å². The highest BCUT2D eigenvalue weighted by Crippen LogP contribution is 2.41. The number of aliphatic hydroxyl groups excluding tert-OH is 1. The molecule has 3 rings (SSSR count). The molecule has 2 unspecified atom stereocenters. The van der Waals surface area contributed by atoms with E-state index in [1.807, 2.05) is 12.1 Å². The zero-order chi connectivity index (χ0) is 18.1. The lowest BCUT2D eigenvalue weighted by molar-refractivity contribution is 0.0497. The predicted octanol–water partition coefficient (Wildman–Crippen LogP) is 3.87. The van der Waals surface area contributed by atoms with Crippen molar-refractivity contribution in [3.63, 3.8) is 0 Å². The van der Waals surface area contributed by atoms with E-state index in [1.165, 1.54) is 0 Å². The lowest BCUT2D eigenvalue weighted by atomic mass is 10.0. The zero-order valence-corrected chi connectivity index (χ0v) is 15.5. The fourth-order valence-corrected chi connectivity index (χ4v) is 3.92. The molecule has 2 aromatic rings. The minimum absolute atomic E-state index is 0.169. The van der Waals surface area contributed by atoms with E-state index in [0.717, 1.165) is 16.7 Å². The van der Waals surface area contributed by atoms with E-state index in [4.69, 9.17) is 27.9 Å². The highest BCUT2D eigenvalue weighted by molar-refractivity contribution is 6.35. The maximum absolute atomic E-state index is 12.8. The van der Waals surface area contributed by atoms with Crippen LogP contribution in [0.25, 0.3) is 0 Å². The molecule has 0 fully saturated rings. The number of ether oxygens (including phenoxy) is 1. The van der Waals surface area contributed by atoms with Crippen molar-refractivity contribution in [2.24, 2.45) is 0 Å². The van der Waals surface area contributed by atoms with E-state index >= 15 is 0 Å². The van der Waals surface area contributed by atoms with Gasteiger partial charge in [-0.3, -0.25) is 4.79 Å². The molecule has 1 aliphatic rings. The van der Waals surface area contributed by atoms with Crippen molar-refractivity contribution in [1.82, 2.24) is 4.90 Å². The minimum Gasteiger partial charge on any atom is -0.390 e. The molecule has 132 valence electrons. The molecule has 0 bridgehead atoms. The van der Waals surface area contributed by atoms with Crippen LogP contribution in [-0.2, 0) is 17.8 Å². The molecule has 1 N–H and O–H groups in total. The monoisotopic (exact) mass is 379 g/mol. The molecule has 0 heterocycles. The molecule has 0 saturated carbocycles. The van der Waals surface area contributed by atoms with Crippen molar-refractivity contribution in [3.05, 3.63) is 68.7 Å². The maximum atomic E-state index is 12.8. The summed E-state index contributed by atoms with van der Waals surface area (Å²) in [5, 5.41) is 11.5. The zero-order valence-electron chi connectivity index (χ0n) is 14.0. The molecule has 4 nitrogen and oxygen atoms in total. The number of halogens is 2. The summed E-state index contributed by atoms with van der Waals surface area (Å²) in [6, 6.07) is 10.2. The lowest BCUT2D eigenvalue weighted by Crippen LogP contribution is -2.36. The Morgan fingerprint density at radius 1 is 1.28 bits per heavy atom. The Hall–Kier alpha value is -1.59. The van der Waals surface area contributed by atoms with Gasteiger partial charge in [0.15, 0.2) is 0 Å². The number of likely N-dealkylation sites (N-methyl/N-ethyl adjacent to an activating group) is 1. The molecule has 6 heteroatoms. The van der Waals surface area contributed by atoms with Gasteiger partial charge in [-0.05, 0) is 41.0 Å². The van der Waals surface area contributed by atoms with Gasteiger partial charge in [0.05, 0.1) is 18.8 Å². The highest BCUT2D eigenvalue weighted by atomic mass is 35.5. The van der Waals surface area contributed by atoms with Crippen LogP contribution in [0, 0.1) is 0 Å². The molecule has 25 heavy (non-hydrogen) atoms. The average Bonchev–Trinajstić information content (AvgIpc) is 2.91. The molecule has 0 saturated heterocycles. The number of fused-ring (bicyclic) bond motifs is 1. The number of carbonyl (C=O) groups excluding carboxylic acids is 1. The van der Waals surface area contributed by atoms with Gasteiger partial charge in [0.25, 0.3) is 5.91 Å². The number of amides is 1. The van der Waals surface area contributed by atoms with Crippen molar-refractivity contribution in [2.75, 3.05) is 14.2 Å². The maximum Gasteiger partial charge on any atom is 0.254 e. The third-order valence-electron chi connectivity index (χ3n) is 4.54. The first-order valence-corrected chi connectivity index (χ1v) is 8.69. The Bertz CT molecular complexity index is 792. The highest BCUT2D eigenvalue weighted by Gasteiger charge is 2.37. The Morgan fingerprint density at radius 2 is 1.96 bits per heavy atom. The van der Waals surface area contributed by atoms with Gasteiger partial charge in [0.1, 0.15) is 0 Å². The molecule has 0 spiro atoms. The van der Waals surface area contributed by atoms with Gasteiger partial charge in [-0.25, -0.2) is 0 Å². The van der Waals surface area contributed by atoms with Crippen molar-refractivity contribution < 1.29 is 14.6 Å². The van der Waals surface area contributed by atoms with Crippen LogP contribution in [-0.4, -0.2) is 36.2 Å². The molecule has 0 aliphatic heterocycles. The summed E-state index contributed by atoms with van der Waals surface area (Å²) < 4.78 is 5.08. The third kappa shape index (κ3) is 3.53. The number of aliphatic hydroxyl groups is 1. The number of hydrogen-bond acceptors (Lipinski definition) is 3. The standard InChI is InChI=1S/C19H19Cl2NO3/c1-22(19(24)12-5-3-11(4-6-12)10-25-2)18-15-7-13(20)8-16(21)14(15)9-17(18)23/h3-8,17-18,23H,9-10H2,1-2H3.